The average molecular weight is 735 g/mol. The van der Waals surface area contributed by atoms with Crippen molar-refractivity contribution in [3.63, 3.8) is 0 Å². The van der Waals surface area contributed by atoms with Crippen molar-refractivity contribution in [2.75, 3.05) is 0 Å². The Morgan fingerprint density at radius 3 is 2.35 bits per heavy atom. The third-order valence-corrected chi connectivity index (χ3v) is 16.6. The summed E-state index contributed by atoms with van der Waals surface area (Å²) in [7, 11) is 0. The van der Waals surface area contributed by atoms with Crippen LogP contribution in [0.3, 0.4) is 0 Å². The molecule has 2 saturated carbocycles. The quantitative estimate of drug-likeness (QED) is 0.290. The SMILES string of the molecule is C1=CCC2SC3=C(c4ccc(C5=CC6=C(CC5)C5=CC7c8ccccc8C8(CCCCC8)C7C=C5C65CCCCC5)cc4)NC(c4ccccc4)N=C3C2=C1. The molecule has 7 aliphatic carbocycles. The van der Waals surface area contributed by atoms with E-state index in [9.17, 15) is 0 Å². The highest BCUT2D eigenvalue weighted by Gasteiger charge is 2.56. The molecule has 3 heteroatoms. The lowest BCUT2D eigenvalue weighted by Gasteiger charge is -2.44. The molecule has 3 aromatic carbocycles. The third kappa shape index (κ3) is 4.84. The fourth-order valence-corrected chi connectivity index (χ4v) is 14.1. The predicted octanol–water partition coefficient (Wildman–Crippen LogP) is 13.0. The minimum absolute atomic E-state index is 0.0885. The summed E-state index contributed by atoms with van der Waals surface area (Å²) in [5, 5.41) is 4.35. The molecule has 4 atom stereocenters. The highest BCUT2D eigenvalue weighted by Crippen LogP contribution is 2.67. The van der Waals surface area contributed by atoms with Crippen LogP contribution in [0.25, 0.3) is 11.3 Å². The van der Waals surface area contributed by atoms with Crippen LogP contribution < -0.4 is 5.32 Å². The van der Waals surface area contributed by atoms with Crippen LogP contribution in [0.2, 0.25) is 0 Å². The van der Waals surface area contributed by atoms with Gasteiger partial charge in [0.2, 0.25) is 0 Å². The van der Waals surface area contributed by atoms with Crippen molar-refractivity contribution in [2.24, 2.45) is 16.3 Å². The van der Waals surface area contributed by atoms with E-state index in [-0.39, 0.29) is 11.6 Å². The zero-order valence-corrected chi connectivity index (χ0v) is 32.6. The second-order valence-corrected chi connectivity index (χ2v) is 19.0. The first-order valence-corrected chi connectivity index (χ1v) is 22.4. The number of allylic oxidation sites excluding steroid dienone is 12. The van der Waals surface area contributed by atoms with Gasteiger partial charge in [0.25, 0.3) is 0 Å². The Morgan fingerprint density at radius 2 is 1.51 bits per heavy atom. The molecule has 2 nitrogen and oxygen atoms in total. The van der Waals surface area contributed by atoms with Gasteiger partial charge in [-0.2, -0.15) is 0 Å². The molecule has 3 aromatic rings. The molecule has 0 bridgehead atoms. The number of aliphatic imine (C=N–C) groups is 1. The number of nitrogens with zero attached hydrogens (tertiary/aromatic N) is 1. The molecule has 55 heavy (non-hydrogen) atoms. The summed E-state index contributed by atoms with van der Waals surface area (Å²) in [6.07, 6.45) is 32.1. The first-order valence-electron chi connectivity index (χ1n) is 21.5. The van der Waals surface area contributed by atoms with Gasteiger partial charge in [-0.05, 0) is 112 Å². The number of rotatable bonds is 3. The molecule has 12 rings (SSSR count). The van der Waals surface area contributed by atoms with Crippen LogP contribution in [0.4, 0.5) is 0 Å². The summed E-state index contributed by atoms with van der Waals surface area (Å²) in [5.41, 5.74) is 19.8. The van der Waals surface area contributed by atoms with E-state index in [0.29, 0.717) is 22.5 Å². The summed E-state index contributed by atoms with van der Waals surface area (Å²) in [4.78, 5) is 6.63. The van der Waals surface area contributed by atoms with Crippen LogP contribution in [-0.4, -0.2) is 11.0 Å². The topological polar surface area (TPSA) is 24.4 Å². The number of thioether (sulfide) groups is 1. The zero-order valence-electron chi connectivity index (χ0n) is 31.8. The van der Waals surface area contributed by atoms with E-state index < -0.39 is 0 Å². The van der Waals surface area contributed by atoms with Gasteiger partial charge in [0.1, 0.15) is 6.17 Å². The fraction of sp³-hybridized carbons (Fsp3) is 0.365. The number of nitrogens with one attached hydrogen (secondary N) is 1. The number of hydrogen-bond donors (Lipinski definition) is 1. The highest BCUT2D eigenvalue weighted by molar-refractivity contribution is 8.05. The lowest BCUT2D eigenvalue weighted by molar-refractivity contribution is 0.227. The molecule has 0 amide bonds. The highest BCUT2D eigenvalue weighted by atomic mass is 32.2. The Hall–Kier alpha value is -4.34. The second kappa shape index (κ2) is 12.6. The molecule has 1 saturated heterocycles. The molecule has 2 aliphatic heterocycles. The predicted molar refractivity (Wildman–Crippen MR) is 230 cm³/mol. The second-order valence-electron chi connectivity index (χ2n) is 17.8. The fourth-order valence-electron chi connectivity index (χ4n) is 12.7. The molecular weight excluding hydrogens is 685 g/mol. The Balaban J connectivity index is 0.916. The van der Waals surface area contributed by atoms with Gasteiger partial charge >= 0.3 is 0 Å². The standard InChI is InChI=1S/C52H50N2S/c1-4-14-35(15-5-1)50-53-47(49-48(54-50)39-17-7-9-19-46(39)55-49)34-22-20-33(21-23-34)36-24-25-38-41-31-40-37-16-6-8-18-42(37)51(26-10-2-11-27-51)44(40)32-45(41)52(43(38)30-36)28-12-3-13-29-52/h1,4-9,14-18,20-23,30-32,40,44,46,50,53H,2-3,10-13,19,24-29H2. The molecule has 4 unspecified atom stereocenters. The van der Waals surface area contributed by atoms with Crippen LogP contribution in [0.5, 0.6) is 0 Å². The van der Waals surface area contributed by atoms with Crippen molar-refractivity contribution in [1.82, 2.24) is 5.32 Å². The largest absolute Gasteiger partial charge is 0.359 e. The lowest BCUT2D eigenvalue weighted by atomic mass is 9.59. The van der Waals surface area contributed by atoms with Gasteiger partial charge in [-0.15, -0.1) is 11.8 Å². The van der Waals surface area contributed by atoms with Crippen LogP contribution in [-0.2, 0) is 5.41 Å². The van der Waals surface area contributed by atoms with Gasteiger partial charge < -0.3 is 5.32 Å². The maximum Gasteiger partial charge on any atom is 0.145 e. The molecule has 274 valence electrons. The number of fused-ring (bicyclic) bond motifs is 12. The van der Waals surface area contributed by atoms with Gasteiger partial charge in [0, 0.05) is 22.0 Å². The molecule has 9 aliphatic rings. The summed E-state index contributed by atoms with van der Waals surface area (Å²) in [6, 6.07) is 30.0. The molecule has 0 radical (unpaired) electrons. The summed E-state index contributed by atoms with van der Waals surface area (Å²) in [6.45, 7) is 0. The van der Waals surface area contributed by atoms with Crippen molar-refractivity contribution in [3.05, 3.63) is 176 Å². The molecular formula is C52H50N2S. The first-order chi connectivity index (χ1) is 27.2. The van der Waals surface area contributed by atoms with Crippen LogP contribution in [0.1, 0.15) is 123 Å². The van der Waals surface area contributed by atoms with E-state index in [1.807, 2.05) is 11.8 Å². The van der Waals surface area contributed by atoms with Crippen molar-refractivity contribution < 1.29 is 0 Å². The number of benzene rings is 3. The van der Waals surface area contributed by atoms with Crippen LogP contribution in [0, 0.1) is 11.3 Å². The minimum atomic E-state index is -0.0885. The van der Waals surface area contributed by atoms with E-state index in [4.69, 9.17) is 4.99 Å². The van der Waals surface area contributed by atoms with Crippen molar-refractivity contribution in [3.8, 4) is 0 Å². The van der Waals surface area contributed by atoms with E-state index in [2.05, 4.69) is 121 Å². The smallest absolute Gasteiger partial charge is 0.145 e. The zero-order chi connectivity index (χ0) is 36.1. The van der Waals surface area contributed by atoms with Crippen LogP contribution in [0.15, 0.2) is 153 Å². The summed E-state index contributed by atoms with van der Waals surface area (Å²) >= 11 is 1.99. The van der Waals surface area contributed by atoms with E-state index in [1.54, 1.807) is 33.4 Å². The van der Waals surface area contributed by atoms with Crippen molar-refractivity contribution >= 4 is 28.7 Å². The molecule has 2 spiro atoms. The van der Waals surface area contributed by atoms with E-state index in [1.165, 1.54) is 108 Å². The molecule has 1 N–H and O–H groups in total. The normalized spacial score (nSPS) is 29.2. The summed E-state index contributed by atoms with van der Waals surface area (Å²) in [5.74, 6) is 1.15. The minimum Gasteiger partial charge on any atom is -0.359 e. The molecule has 3 fully saturated rings. The average Bonchev–Trinajstić information content (AvgIpc) is 3.85. The van der Waals surface area contributed by atoms with Gasteiger partial charge in [-0.25, -0.2) is 0 Å². The van der Waals surface area contributed by atoms with Crippen molar-refractivity contribution in [2.45, 2.75) is 106 Å². The maximum absolute atomic E-state index is 5.32. The lowest BCUT2D eigenvalue weighted by Crippen LogP contribution is -2.36. The Bertz CT molecular complexity index is 2360. The van der Waals surface area contributed by atoms with Crippen LogP contribution >= 0.6 is 11.8 Å². The maximum atomic E-state index is 5.32. The number of hydrogen-bond acceptors (Lipinski definition) is 3. The van der Waals surface area contributed by atoms with Gasteiger partial charge in [0.15, 0.2) is 0 Å². The molecule has 2 heterocycles. The van der Waals surface area contributed by atoms with E-state index in [0.717, 1.165) is 19.3 Å². The van der Waals surface area contributed by atoms with Gasteiger partial charge in [-0.3, -0.25) is 4.99 Å². The first kappa shape index (κ1) is 32.9. The van der Waals surface area contributed by atoms with Gasteiger partial charge in [0.05, 0.1) is 16.3 Å². The Morgan fingerprint density at radius 1 is 0.745 bits per heavy atom. The Labute approximate surface area is 331 Å². The third-order valence-electron chi connectivity index (χ3n) is 15.2. The van der Waals surface area contributed by atoms with Crippen molar-refractivity contribution in [1.29, 1.82) is 0 Å². The molecule has 0 aromatic heterocycles. The van der Waals surface area contributed by atoms with E-state index >= 15 is 0 Å². The Kier molecular flexibility index (Phi) is 7.52. The monoisotopic (exact) mass is 734 g/mol. The van der Waals surface area contributed by atoms with Gasteiger partial charge in [-0.1, -0.05) is 154 Å². The summed E-state index contributed by atoms with van der Waals surface area (Å²) < 4.78 is 0.